The van der Waals surface area contributed by atoms with Crippen LogP contribution in [0.25, 0.3) is 22.2 Å². The van der Waals surface area contributed by atoms with Gasteiger partial charge in [-0.2, -0.15) is 5.10 Å². The molecule has 0 atom stereocenters. The topological polar surface area (TPSA) is 123 Å². The van der Waals surface area contributed by atoms with Gasteiger partial charge in [0, 0.05) is 30.3 Å². The maximum absolute atomic E-state index is 13.1. The molecule has 2 aromatic heterocycles. The molecule has 2 N–H and O–H groups in total. The molecule has 0 aliphatic heterocycles. The zero-order valence-electron chi connectivity index (χ0n) is 16.2. The summed E-state index contributed by atoms with van der Waals surface area (Å²) in [7, 11) is 1.81. The van der Waals surface area contributed by atoms with Crippen molar-refractivity contribution in [3.8, 4) is 17.0 Å². The minimum atomic E-state index is -0.621. The van der Waals surface area contributed by atoms with Crippen LogP contribution in [0.15, 0.2) is 54.7 Å². The molecule has 0 aliphatic rings. The maximum atomic E-state index is 13.1. The van der Waals surface area contributed by atoms with Gasteiger partial charge in [0.15, 0.2) is 0 Å². The van der Waals surface area contributed by atoms with Crippen LogP contribution in [-0.4, -0.2) is 30.7 Å². The van der Waals surface area contributed by atoms with Gasteiger partial charge < -0.3 is 10.4 Å². The summed E-state index contributed by atoms with van der Waals surface area (Å²) in [4.78, 5) is 28.0. The molecular weight excluding hydrogens is 386 g/mol. The molecular formula is C21H17N5O4. The third kappa shape index (κ3) is 3.44. The zero-order chi connectivity index (χ0) is 21.4. The number of aromatic nitrogens is 3. The zero-order valence-corrected chi connectivity index (χ0v) is 16.2. The van der Waals surface area contributed by atoms with E-state index in [2.05, 4.69) is 15.4 Å². The molecule has 1 amide bonds. The number of aromatic hydroxyl groups is 1. The van der Waals surface area contributed by atoms with Crippen molar-refractivity contribution >= 4 is 28.2 Å². The van der Waals surface area contributed by atoms with Gasteiger partial charge >= 0.3 is 0 Å². The Morgan fingerprint density at radius 2 is 1.97 bits per heavy atom. The Morgan fingerprint density at radius 1 is 1.20 bits per heavy atom. The number of non-ortho nitro benzene ring substituents is 1. The number of rotatable bonds is 4. The van der Waals surface area contributed by atoms with E-state index in [1.165, 1.54) is 12.1 Å². The minimum Gasteiger partial charge on any atom is -0.506 e. The first-order valence-electron chi connectivity index (χ1n) is 9.02. The molecule has 0 saturated heterocycles. The molecule has 4 rings (SSSR count). The van der Waals surface area contributed by atoms with Crippen LogP contribution in [0.2, 0.25) is 0 Å². The van der Waals surface area contributed by atoms with Gasteiger partial charge in [-0.05, 0) is 25.1 Å². The molecule has 0 unspecified atom stereocenters. The van der Waals surface area contributed by atoms with Gasteiger partial charge in [0.1, 0.15) is 5.75 Å². The van der Waals surface area contributed by atoms with Gasteiger partial charge in [-0.15, -0.1) is 0 Å². The van der Waals surface area contributed by atoms with E-state index in [1.807, 2.05) is 32.3 Å². The smallest absolute Gasteiger partial charge is 0.273 e. The number of aryl methyl sites for hydroxylation is 2. The van der Waals surface area contributed by atoms with E-state index in [9.17, 15) is 20.0 Å². The summed E-state index contributed by atoms with van der Waals surface area (Å²) in [5.74, 6) is -0.861. The molecule has 0 spiro atoms. The molecule has 4 aromatic rings. The van der Waals surface area contributed by atoms with Crippen molar-refractivity contribution in [2.45, 2.75) is 6.92 Å². The predicted octanol–water partition coefficient (Wildman–Crippen LogP) is 3.81. The van der Waals surface area contributed by atoms with Gasteiger partial charge in [-0.3, -0.25) is 19.6 Å². The molecule has 9 heteroatoms. The van der Waals surface area contributed by atoms with Crippen LogP contribution in [0.3, 0.4) is 0 Å². The predicted molar refractivity (Wildman–Crippen MR) is 111 cm³/mol. The first-order chi connectivity index (χ1) is 14.3. The van der Waals surface area contributed by atoms with Crippen molar-refractivity contribution in [2.24, 2.45) is 7.05 Å². The number of nitrogens with zero attached hydrogens (tertiary/aromatic N) is 4. The fourth-order valence-electron chi connectivity index (χ4n) is 3.28. The standard InChI is InChI=1S/C21H17N5O4/c1-12-16(11-25(2)24-12)19-10-15(14-5-3-4-6-17(14)22-19)21(28)23-18-8-7-13(26(29)30)9-20(18)27/h3-11,27H,1-2H3,(H,23,28). The second-order valence-corrected chi connectivity index (χ2v) is 6.79. The van der Waals surface area contributed by atoms with E-state index in [1.54, 1.807) is 22.9 Å². The number of benzene rings is 2. The van der Waals surface area contributed by atoms with Crippen LogP contribution >= 0.6 is 0 Å². The SMILES string of the molecule is Cc1nn(C)cc1-c1cc(C(=O)Nc2ccc([N+](=O)[O-])cc2O)c2ccccc2n1. The van der Waals surface area contributed by atoms with Gasteiger partial charge in [0.05, 0.1) is 39.1 Å². The van der Waals surface area contributed by atoms with E-state index in [4.69, 9.17) is 0 Å². The van der Waals surface area contributed by atoms with Crippen molar-refractivity contribution in [2.75, 3.05) is 5.32 Å². The summed E-state index contributed by atoms with van der Waals surface area (Å²) < 4.78 is 1.68. The average molecular weight is 403 g/mol. The number of phenolic OH excluding ortho intramolecular Hbond substituents is 1. The first-order valence-corrected chi connectivity index (χ1v) is 9.02. The number of pyridine rings is 1. The number of phenols is 1. The van der Waals surface area contributed by atoms with Crippen LogP contribution in [0.4, 0.5) is 11.4 Å². The highest BCUT2D eigenvalue weighted by Gasteiger charge is 2.18. The van der Waals surface area contributed by atoms with Crippen LogP contribution in [0, 0.1) is 17.0 Å². The highest BCUT2D eigenvalue weighted by Crippen LogP contribution is 2.30. The van der Waals surface area contributed by atoms with E-state index >= 15 is 0 Å². The van der Waals surface area contributed by atoms with E-state index in [-0.39, 0.29) is 17.1 Å². The van der Waals surface area contributed by atoms with Crippen molar-refractivity contribution in [3.63, 3.8) is 0 Å². The summed E-state index contributed by atoms with van der Waals surface area (Å²) in [5.41, 5.74) is 2.97. The quantitative estimate of drug-likeness (QED) is 0.303. The monoisotopic (exact) mass is 403 g/mol. The molecule has 150 valence electrons. The molecule has 0 aliphatic carbocycles. The number of nitrogens with one attached hydrogen (secondary N) is 1. The van der Waals surface area contributed by atoms with Crippen molar-refractivity contribution in [3.05, 3.63) is 76.1 Å². The molecule has 0 radical (unpaired) electrons. The molecule has 0 bridgehead atoms. The summed E-state index contributed by atoms with van der Waals surface area (Å²) in [5, 5.41) is 28.5. The lowest BCUT2D eigenvalue weighted by molar-refractivity contribution is -0.384. The number of nitro benzene ring substituents is 1. The lowest BCUT2D eigenvalue weighted by Gasteiger charge is -2.11. The van der Waals surface area contributed by atoms with E-state index < -0.39 is 10.8 Å². The Labute approximate surface area is 170 Å². The summed E-state index contributed by atoms with van der Waals surface area (Å²) in [6.07, 6.45) is 1.83. The summed E-state index contributed by atoms with van der Waals surface area (Å²) in [6, 6.07) is 12.4. The number of carbonyl (C=O) groups is 1. The third-order valence-electron chi connectivity index (χ3n) is 4.69. The number of carbonyl (C=O) groups excluding carboxylic acids is 1. The normalized spacial score (nSPS) is 10.9. The molecule has 30 heavy (non-hydrogen) atoms. The van der Waals surface area contributed by atoms with Gasteiger partial charge in [0.25, 0.3) is 11.6 Å². The highest BCUT2D eigenvalue weighted by molar-refractivity contribution is 6.13. The average Bonchev–Trinajstić information content (AvgIpc) is 3.06. The highest BCUT2D eigenvalue weighted by atomic mass is 16.6. The maximum Gasteiger partial charge on any atom is 0.273 e. The Hall–Kier alpha value is -4.27. The molecule has 0 fully saturated rings. The Balaban J connectivity index is 1.78. The minimum absolute atomic E-state index is 0.0746. The van der Waals surface area contributed by atoms with Crippen LogP contribution in [0.1, 0.15) is 16.1 Å². The number of hydrogen-bond donors (Lipinski definition) is 2. The lowest BCUT2D eigenvalue weighted by atomic mass is 10.0. The van der Waals surface area contributed by atoms with Gasteiger partial charge in [0.2, 0.25) is 0 Å². The van der Waals surface area contributed by atoms with Crippen LogP contribution in [-0.2, 0) is 7.05 Å². The second kappa shape index (κ2) is 7.28. The Morgan fingerprint density at radius 3 is 2.63 bits per heavy atom. The summed E-state index contributed by atoms with van der Waals surface area (Å²) >= 11 is 0. The van der Waals surface area contributed by atoms with Crippen LogP contribution < -0.4 is 5.32 Å². The third-order valence-corrected chi connectivity index (χ3v) is 4.69. The second-order valence-electron chi connectivity index (χ2n) is 6.79. The fraction of sp³-hybridized carbons (Fsp3) is 0.0952. The number of fused-ring (bicyclic) bond motifs is 1. The molecule has 9 nitrogen and oxygen atoms in total. The molecule has 2 heterocycles. The number of nitro groups is 1. The number of anilines is 1. The number of amides is 1. The van der Waals surface area contributed by atoms with Gasteiger partial charge in [-0.1, -0.05) is 18.2 Å². The van der Waals surface area contributed by atoms with Crippen molar-refractivity contribution in [1.82, 2.24) is 14.8 Å². The Bertz CT molecular complexity index is 1310. The van der Waals surface area contributed by atoms with E-state index in [0.29, 0.717) is 22.2 Å². The fourth-order valence-corrected chi connectivity index (χ4v) is 3.28. The number of para-hydroxylation sites is 1. The first kappa shape index (κ1) is 19.1. The van der Waals surface area contributed by atoms with Crippen molar-refractivity contribution in [1.29, 1.82) is 0 Å². The number of hydrogen-bond acceptors (Lipinski definition) is 6. The van der Waals surface area contributed by atoms with E-state index in [0.717, 1.165) is 17.3 Å². The summed E-state index contributed by atoms with van der Waals surface area (Å²) in [6.45, 7) is 1.86. The molecule has 2 aromatic carbocycles. The largest absolute Gasteiger partial charge is 0.506 e. The van der Waals surface area contributed by atoms with Crippen LogP contribution in [0.5, 0.6) is 5.75 Å². The molecule has 0 saturated carbocycles. The lowest BCUT2D eigenvalue weighted by Crippen LogP contribution is -2.13. The van der Waals surface area contributed by atoms with Crippen molar-refractivity contribution < 1.29 is 14.8 Å². The Kier molecular flexibility index (Phi) is 4.63. The van der Waals surface area contributed by atoms with Gasteiger partial charge in [-0.25, -0.2) is 4.98 Å².